The van der Waals surface area contributed by atoms with Crippen LogP contribution in [0.2, 0.25) is 0 Å². The lowest BCUT2D eigenvalue weighted by Crippen LogP contribution is -2.39. The Labute approximate surface area is 263 Å². The molecule has 11 nitrogen and oxygen atoms in total. The van der Waals surface area contributed by atoms with E-state index in [-0.39, 0.29) is 12.4 Å². The first-order chi connectivity index (χ1) is 21.8. The average Bonchev–Trinajstić information content (AvgIpc) is 3.39. The molecule has 1 fully saturated rings. The summed E-state index contributed by atoms with van der Waals surface area (Å²) >= 11 is 1.09. The van der Waals surface area contributed by atoms with E-state index in [2.05, 4.69) is 4.98 Å². The number of hydrogen-bond donors (Lipinski definition) is 2. The Morgan fingerprint density at radius 1 is 0.889 bits per heavy atom. The van der Waals surface area contributed by atoms with Crippen LogP contribution in [-0.2, 0) is 24.6 Å². The lowest BCUT2D eigenvalue weighted by atomic mass is 9.80. The monoisotopic (exact) mass is 634 g/mol. The average molecular weight is 635 g/mol. The zero-order chi connectivity index (χ0) is 32.0. The number of nitrogens with one attached hydrogen (secondary N) is 1. The highest BCUT2D eigenvalue weighted by Crippen LogP contribution is 2.44. The molecule has 0 unspecified atom stereocenters. The van der Waals surface area contributed by atoms with E-state index in [9.17, 15) is 19.5 Å². The van der Waals surface area contributed by atoms with Gasteiger partial charge in [-0.05, 0) is 41.0 Å². The summed E-state index contributed by atoms with van der Waals surface area (Å²) in [5, 5.41) is 10.8. The summed E-state index contributed by atoms with van der Waals surface area (Å²) in [6, 6.07) is 25.9. The number of carbonyl (C=O) groups is 1. The lowest BCUT2D eigenvalue weighted by molar-refractivity contribution is -0.137. The van der Waals surface area contributed by atoms with Crippen molar-refractivity contribution in [2.75, 3.05) is 33.7 Å². The van der Waals surface area contributed by atoms with Gasteiger partial charge in [0.15, 0.2) is 6.23 Å². The van der Waals surface area contributed by atoms with Crippen LogP contribution < -0.4 is 20.7 Å². The summed E-state index contributed by atoms with van der Waals surface area (Å²) in [6.07, 6.45) is -1.80. The number of aliphatic hydroxyl groups excluding tert-OH is 1. The van der Waals surface area contributed by atoms with Crippen LogP contribution in [0, 0.1) is 0 Å². The minimum Gasteiger partial charge on any atom is -0.497 e. The summed E-state index contributed by atoms with van der Waals surface area (Å²) in [7, 11) is 4.46. The Kier molecular flexibility index (Phi) is 10.1. The molecule has 0 bridgehead atoms. The molecule has 45 heavy (non-hydrogen) atoms. The number of aromatic amines is 1. The number of aliphatic hydroxyl groups is 1. The normalized spacial score (nSPS) is 19.6. The van der Waals surface area contributed by atoms with Crippen LogP contribution in [-0.4, -0.2) is 71.8 Å². The predicted molar refractivity (Wildman–Crippen MR) is 168 cm³/mol. The largest absolute Gasteiger partial charge is 0.497 e. The zero-order valence-electron chi connectivity index (χ0n) is 25.0. The number of ether oxygens (including phenoxy) is 5. The third-order valence-electron chi connectivity index (χ3n) is 7.70. The summed E-state index contributed by atoms with van der Waals surface area (Å²) < 4.78 is 30.0. The highest BCUT2D eigenvalue weighted by atomic mass is 32.2. The lowest BCUT2D eigenvalue weighted by Gasteiger charge is -2.37. The van der Waals surface area contributed by atoms with Crippen molar-refractivity contribution in [2.24, 2.45) is 0 Å². The van der Waals surface area contributed by atoms with Crippen LogP contribution in [0.1, 0.15) is 22.9 Å². The first-order valence-corrected chi connectivity index (χ1v) is 15.2. The van der Waals surface area contributed by atoms with Crippen LogP contribution in [0.5, 0.6) is 11.5 Å². The summed E-state index contributed by atoms with van der Waals surface area (Å²) in [6.45, 7) is -0.113. The Morgan fingerprint density at radius 2 is 1.47 bits per heavy atom. The molecule has 4 atom stereocenters. The van der Waals surface area contributed by atoms with Gasteiger partial charge in [-0.15, -0.1) is 11.8 Å². The van der Waals surface area contributed by atoms with Gasteiger partial charge in [0.25, 0.3) is 5.56 Å². The maximum absolute atomic E-state index is 12.8. The molecule has 4 aromatic rings. The van der Waals surface area contributed by atoms with E-state index in [1.165, 1.54) is 23.9 Å². The topological polar surface area (TPSA) is 138 Å². The van der Waals surface area contributed by atoms with Gasteiger partial charge in [0.05, 0.1) is 45.0 Å². The number of benzene rings is 3. The molecular formula is C33H34N2O9S. The number of aromatic nitrogens is 2. The molecule has 0 spiro atoms. The van der Waals surface area contributed by atoms with Crippen molar-refractivity contribution in [3.05, 3.63) is 129 Å². The second kappa shape index (κ2) is 14.2. The maximum atomic E-state index is 12.8. The third-order valence-corrected chi connectivity index (χ3v) is 9.00. The molecule has 1 saturated heterocycles. The van der Waals surface area contributed by atoms with E-state index in [0.29, 0.717) is 11.5 Å². The molecule has 0 amide bonds. The summed E-state index contributed by atoms with van der Waals surface area (Å²) in [5.74, 6) is 0.756. The van der Waals surface area contributed by atoms with E-state index in [1.807, 2.05) is 78.9 Å². The number of methoxy groups -OCH3 is 3. The summed E-state index contributed by atoms with van der Waals surface area (Å²) in [4.78, 5) is 38.7. The van der Waals surface area contributed by atoms with Gasteiger partial charge in [-0.3, -0.25) is 19.1 Å². The highest BCUT2D eigenvalue weighted by molar-refractivity contribution is 8.00. The van der Waals surface area contributed by atoms with Gasteiger partial charge < -0.3 is 28.8 Å². The van der Waals surface area contributed by atoms with Crippen LogP contribution in [0.3, 0.4) is 0 Å². The van der Waals surface area contributed by atoms with Gasteiger partial charge in [0.1, 0.15) is 23.2 Å². The van der Waals surface area contributed by atoms with Gasteiger partial charge in [-0.2, -0.15) is 0 Å². The van der Waals surface area contributed by atoms with E-state index in [1.54, 1.807) is 14.2 Å². The van der Waals surface area contributed by atoms with Crippen molar-refractivity contribution in [3.8, 4) is 11.5 Å². The predicted octanol–water partition coefficient (Wildman–Crippen LogP) is 3.10. The van der Waals surface area contributed by atoms with Crippen LogP contribution in [0.25, 0.3) is 0 Å². The van der Waals surface area contributed by atoms with E-state index < -0.39 is 46.5 Å². The molecule has 1 aliphatic heterocycles. The second-order valence-corrected chi connectivity index (χ2v) is 11.4. The van der Waals surface area contributed by atoms with Crippen molar-refractivity contribution in [3.63, 3.8) is 0 Å². The Bertz CT molecular complexity index is 1640. The Hall–Kier alpha value is -4.36. The molecule has 5 rings (SSSR count). The molecule has 12 heteroatoms. The third kappa shape index (κ3) is 6.69. The van der Waals surface area contributed by atoms with Gasteiger partial charge >= 0.3 is 11.7 Å². The van der Waals surface area contributed by atoms with Crippen molar-refractivity contribution in [1.82, 2.24) is 9.55 Å². The van der Waals surface area contributed by atoms with E-state index >= 15 is 0 Å². The fraction of sp³-hybridized carbons (Fsp3) is 0.303. The quantitative estimate of drug-likeness (QED) is 0.177. The molecular weight excluding hydrogens is 600 g/mol. The van der Waals surface area contributed by atoms with E-state index in [4.69, 9.17) is 23.7 Å². The smallest absolute Gasteiger partial charge is 0.330 e. The number of rotatable bonds is 12. The number of H-pyrrole nitrogens is 1. The van der Waals surface area contributed by atoms with Gasteiger partial charge in [-0.1, -0.05) is 54.6 Å². The molecule has 0 radical (unpaired) electrons. The molecule has 1 aliphatic rings. The van der Waals surface area contributed by atoms with Gasteiger partial charge in [0.2, 0.25) is 0 Å². The first-order valence-electron chi connectivity index (χ1n) is 14.1. The highest BCUT2D eigenvalue weighted by Gasteiger charge is 2.47. The Balaban J connectivity index is 1.56. The minimum absolute atomic E-state index is 0.0879. The molecule has 0 aliphatic carbocycles. The fourth-order valence-electron chi connectivity index (χ4n) is 5.39. The number of nitrogens with zero attached hydrogens (tertiary/aromatic N) is 1. The maximum Gasteiger partial charge on any atom is 0.330 e. The first kappa shape index (κ1) is 32.0. The second-order valence-electron chi connectivity index (χ2n) is 10.2. The van der Waals surface area contributed by atoms with Crippen molar-refractivity contribution in [1.29, 1.82) is 0 Å². The van der Waals surface area contributed by atoms with Gasteiger partial charge in [-0.25, -0.2) is 4.79 Å². The van der Waals surface area contributed by atoms with Gasteiger partial charge in [0, 0.05) is 12.3 Å². The van der Waals surface area contributed by atoms with Crippen molar-refractivity contribution in [2.45, 2.75) is 29.3 Å². The number of thioether (sulfide) groups is 1. The van der Waals surface area contributed by atoms with E-state index in [0.717, 1.165) is 28.5 Å². The number of esters is 1. The standard InChI is InChI=1S/C33H34N2O9S/c1-40-24-13-9-22(10-14-24)33(21-7-5-4-6-8-21,23-11-15-25(41-2)16-12-23)43-19-26-29(38)30(45-20-28(37)42-3)31(44-26)35-18-17-27(36)34-32(35)39/h4-18,26,29-31,38H,19-20H2,1-3H3,(H,34,36,39)/t26-,29-,30-,31-/m1/s1. The SMILES string of the molecule is COC(=O)CS[C@@H]1[C@H](O)[C@@H](COC(c2ccccc2)(c2ccc(OC)cc2)c2ccc(OC)cc2)O[C@H]1n1ccc(=O)[nH]c1=O. The van der Waals surface area contributed by atoms with Crippen molar-refractivity contribution < 1.29 is 33.6 Å². The van der Waals surface area contributed by atoms with Crippen molar-refractivity contribution >= 4 is 17.7 Å². The molecule has 0 saturated carbocycles. The number of carbonyl (C=O) groups excluding carboxylic acids is 1. The summed E-state index contributed by atoms with van der Waals surface area (Å²) in [5.41, 5.74) is -0.0583. The molecule has 2 heterocycles. The zero-order valence-corrected chi connectivity index (χ0v) is 25.8. The Morgan fingerprint density at radius 3 is 2.00 bits per heavy atom. The van der Waals surface area contributed by atoms with Crippen LogP contribution in [0.15, 0.2) is 101 Å². The van der Waals surface area contributed by atoms with Crippen LogP contribution >= 0.6 is 11.8 Å². The molecule has 2 N–H and O–H groups in total. The molecule has 1 aromatic heterocycles. The fourth-order valence-corrected chi connectivity index (χ4v) is 6.57. The molecule has 3 aromatic carbocycles. The molecule has 236 valence electrons. The minimum atomic E-state index is -1.18. The number of hydrogen-bond acceptors (Lipinski definition) is 10. The van der Waals surface area contributed by atoms with Crippen LogP contribution in [0.4, 0.5) is 0 Å².